The second-order valence-electron chi connectivity index (χ2n) is 7.00. The number of nitrogens with zero attached hydrogens (tertiary/aromatic N) is 2. The van der Waals surface area contributed by atoms with Gasteiger partial charge in [0.2, 0.25) is 0 Å². The van der Waals surface area contributed by atoms with Crippen molar-refractivity contribution < 1.29 is 22.3 Å². The fraction of sp³-hybridized carbons (Fsp3) is 0.250. The van der Waals surface area contributed by atoms with Gasteiger partial charge in [0, 0.05) is 12.0 Å². The van der Waals surface area contributed by atoms with Crippen molar-refractivity contribution in [2.75, 3.05) is 6.61 Å². The molecule has 2 aromatic carbocycles. The van der Waals surface area contributed by atoms with Crippen LogP contribution in [0.25, 0.3) is 16.2 Å². The normalized spacial score (nSPS) is 12.0. The van der Waals surface area contributed by atoms with E-state index in [0.29, 0.717) is 40.3 Å². The molecule has 0 radical (unpaired) electrons. The molecule has 166 valence electrons. The van der Waals surface area contributed by atoms with E-state index in [1.165, 1.54) is 11.3 Å². The maximum absolute atomic E-state index is 13.7. The van der Waals surface area contributed by atoms with Crippen molar-refractivity contribution in [1.82, 2.24) is 4.98 Å². The quantitative estimate of drug-likeness (QED) is 0.290. The van der Waals surface area contributed by atoms with Gasteiger partial charge in [0.25, 0.3) is 0 Å². The second-order valence-corrected chi connectivity index (χ2v) is 8.09. The average Bonchev–Trinajstić information content (AvgIpc) is 3.10. The van der Waals surface area contributed by atoms with Crippen LogP contribution in [0.15, 0.2) is 42.5 Å². The average molecular weight is 460 g/mol. The largest absolute Gasteiger partial charge is 0.494 e. The predicted octanol–water partition coefficient (Wildman–Crippen LogP) is 7.14. The van der Waals surface area contributed by atoms with E-state index in [2.05, 4.69) is 11.1 Å². The molecule has 0 spiro atoms. The van der Waals surface area contributed by atoms with Gasteiger partial charge in [-0.05, 0) is 68.3 Å². The molecule has 0 fully saturated rings. The van der Waals surface area contributed by atoms with Crippen molar-refractivity contribution in [3.05, 3.63) is 81.2 Å². The lowest BCUT2D eigenvalue weighted by Gasteiger charge is -2.11. The van der Waals surface area contributed by atoms with Crippen LogP contribution >= 0.6 is 11.3 Å². The first-order valence-corrected chi connectivity index (χ1v) is 10.6. The SMILES string of the molecule is C/C=C(/OCC)c1ccc(-c2sc(Cc3cc(F)cc(C(F)(F)F)c3)nc2C)cc1C#N. The van der Waals surface area contributed by atoms with Gasteiger partial charge >= 0.3 is 6.18 Å². The van der Waals surface area contributed by atoms with Crippen LogP contribution in [0.1, 0.15) is 46.8 Å². The van der Waals surface area contributed by atoms with Gasteiger partial charge in [0.05, 0.1) is 39.4 Å². The highest BCUT2D eigenvalue weighted by atomic mass is 32.1. The molecule has 0 unspecified atom stereocenters. The summed E-state index contributed by atoms with van der Waals surface area (Å²) in [5, 5.41) is 10.2. The zero-order chi connectivity index (χ0) is 23.5. The Hall–Kier alpha value is -3.18. The van der Waals surface area contributed by atoms with E-state index >= 15 is 0 Å². The molecule has 8 heteroatoms. The lowest BCUT2D eigenvalue weighted by molar-refractivity contribution is -0.137. The molecule has 0 atom stereocenters. The summed E-state index contributed by atoms with van der Waals surface area (Å²) in [7, 11) is 0. The molecule has 0 aliphatic rings. The van der Waals surface area contributed by atoms with Gasteiger partial charge in [-0.25, -0.2) is 9.37 Å². The number of ether oxygens (including phenoxy) is 1. The minimum absolute atomic E-state index is 0.0720. The number of aromatic nitrogens is 1. The highest BCUT2D eigenvalue weighted by molar-refractivity contribution is 7.15. The number of allylic oxidation sites excluding steroid dienone is 1. The molecule has 0 saturated carbocycles. The van der Waals surface area contributed by atoms with Crippen molar-refractivity contribution in [3.63, 3.8) is 0 Å². The van der Waals surface area contributed by atoms with Gasteiger partial charge in [0.1, 0.15) is 11.6 Å². The molecular formula is C24H20F4N2OS. The summed E-state index contributed by atoms with van der Waals surface area (Å²) >= 11 is 1.31. The summed E-state index contributed by atoms with van der Waals surface area (Å²) in [5.74, 6) is -0.324. The molecular weight excluding hydrogens is 440 g/mol. The van der Waals surface area contributed by atoms with Crippen molar-refractivity contribution in [1.29, 1.82) is 5.26 Å². The summed E-state index contributed by atoms with van der Waals surface area (Å²) in [6.07, 6.45) is -2.75. The fourth-order valence-electron chi connectivity index (χ4n) is 3.35. The summed E-state index contributed by atoms with van der Waals surface area (Å²) in [5.41, 5.74) is 1.75. The third-order valence-electron chi connectivity index (χ3n) is 4.71. The van der Waals surface area contributed by atoms with Crippen molar-refractivity contribution in [3.8, 4) is 16.5 Å². The predicted molar refractivity (Wildman–Crippen MR) is 116 cm³/mol. The Balaban J connectivity index is 1.94. The van der Waals surface area contributed by atoms with Crippen LogP contribution in [0.4, 0.5) is 17.6 Å². The molecule has 0 bridgehead atoms. The van der Waals surface area contributed by atoms with Gasteiger partial charge in [-0.2, -0.15) is 18.4 Å². The molecule has 0 aliphatic carbocycles. The Bertz CT molecular complexity index is 1210. The number of halogens is 4. The maximum Gasteiger partial charge on any atom is 0.416 e. The number of aryl methyl sites for hydroxylation is 1. The minimum atomic E-state index is -4.62. The van der Waals surface area contributed by atoms with Gasteiger partial charge < -0.3 is 4.74 Å². The maximum atomic E-state index is 13.7. The first-order valence-electron chi connectivity index (χ1n) is 9.83. The summed E-state index contributed by atoms with van der Waals surface area (Å²) in [6.45, 7) is 5.96. The van der Waals surface area contributed by atoms with Crippen LogP contribution in [0.2, 0.25) is 0 Å². The standard InChI is InChI=1S/C24H20F4N2OS/c1-4-21(31-5-2)20-7-6-16(11-17(20)13-29)23-14(3)30-22(32-23)10-15-8-18(24(26,27)28)12-19(25)9-15/h4,6-9,11-12H,5,10H2,1-3H3/b21-4+. The highest BCUT2D eigenvalue weighted by Gasteiger charge is 2.31. The monoisotopic (exact) mass is 460 g/mol. The number of rotatable bonds is 6. The van der Waals surface area contributed by atoms with Crippen LogP contribution in [0.3, 0.4) is 0 Å². The van der Waals surface area contributed by atoms with Crippen LogP contribution < -0.4 is 0 Å². The van der Waals surface area contributed by atoms with Crippen molar-refractivity contribution >= 4 is 17.1 Å². The van der Waals surface area contributed by atoms with E-state index in [1.54, 1.807) is 25.1 Å². The number of hydrogen-bond acceptors (Lipinski definition) is 4. The van der Waals surface area contributed by atoms with Gasteiger partial charge in [-0.3, -0.25) is 0 Å². The van der Waals surface area contributed by atoms with E-state index in [9.17, 15) is 22.8 Å². The van der Waals surface area contributed by atoms with E-state index < -0.39 is 17.6 Å². The Morgan fingerprint density at radius 1 is 1.22 bits per heavy atom. The number of benzene rings is 2. The van der Waals surface area contributed by atoms with Gasteiger partial charge in [0.15, 0.2) is 0 Å². The summed E-state index contributed by atoms with van der Waals surface area (Å²) in [6, 6.07) is 10.1. The zero-order valence-corrected chi connectivity index (χ0v) is 18.5. The summed E-state index contributed by atoms with van der Waals surface area (Å²) in [4.78, 5) is 5.26. The second kappa shape index (κ2) is 9.53. The number of hydrogen-bond donors (Lipinski definition) is 0. The van der Waals surface area contributed by atoms with Crippen LogP contribution in [-0.4, -0.2) is 11.6 Å². The molecule has 0 saturated heterocycles. The van der Waals surface area contributed by atoms with Crippen LogP contribution in [-0.2, 0) is 17.3 Å². The van der Waals surface area contributed by atoms with Gasteiger partial charge in [-0.15, -0.1) is 11.3 Å². The first kappa shape index (κ1) is 23.5. The lowest BCUT2D eigenvalue weighted by Crippen LogP contribution is -2.06. The van der Waals surface area contributed by atoms with Gasteiger partial charge in [-0.1, -0.05) is 6.07 Å². The number of alkyl halides is 3. The Labute approximate surface area is 187 Å². The first-order chi connectivity index (χ1) is 15.2. The lowest BCUT2D eigenvalue weighted by atomic mass is 10.0. The van der Waals surface area contributed by atoms with Crippen LogP contribution in [0.5, 0.6) is 0 Å². The minimum Gasteiger partial charge on any atom is -0.494 e. The molecule has 0 amide bonds. The van der Waals surface area contributed by atoms with Crippen LogP contribution in [0, 0.1) is 24.1 Å². The Morgan fingerprint density at radius 2 is 1.97 bits per heavy atom. The van der Waals surface area contributed by atoms with E-state index in [4.69, 9.17) is 4.74 Å². The Morgan fingerprint density at radius 3 is 2.59 bits per heavy atom. The van der Waals surface area contributed by atoms with Crippen molar-refractivity contribution in [2.24, 2.45) is 0 Å². The third kappa shape index (κ3) is 5.17. The molecule has 32 heavy (non-hydrogen) atoms. The smallest absolute Gasteiger partial charge is 0.416 e. The summed E-state index contributed by atoms with van der Waals surface area (Å²) < 4.78 is 58.3. The topological polar surface area (TPSA) is 45.9 Å². The molecule has 0 aliphatic heterocycles. The Kier molecular flexibility index (Phi) is 6.99. The van der Waals surface area contributed by atoms with E-state index in [0.717, 1.165) is 22.6 Å². The number of nitriles is 1. The number of thiazole rings is 1. The molecule has 1 heterocycles. The molecule has 1 aromatic heterocycles. The van der Waals surface area contributed by atoms with E-state index in [-0.39, 0.29) is 12.0 Å². The molecule has 3 aromatic rings. The molecule has 0 N–H and O–H groups in total. The van der Waals surface area contributed by atoms with E-state index in [1.807, 2.05) is 19.9 Å². The fourth-order valence-corrected chi connectivity index (χ4v) is 4.45. The third-order valence-corrected chi connectivity index (χ3v) is 5.92. The molecule has 3 nitrogen and oxygen atoms in total. The molecule has 3 rings (SSSR count). The zero-order valence-electron chi connectivity index (χ0n) is 17.7. The van der Waals surface area contributed by atoms with Crippen molar-refractivity contribution in [2.45, 2.75) is 33.4 Å². The highest BCUT2D eigenvalue weighted by Crippen LogP contribution is 2.35.